The number of hydrogen-bond donors (Lipinski definition) is 0. The van der Waals surface area contributed by atoms with Gasteiger partial charge in [0.2, 0.25) is 5.75 Å². The average Bonchev–Trinajstić information content (AvgIpc) is 3.12. The fourth-order valence-corrected chi connectivity index (χ4v) is 3.13. The number of esters is 2. The van der Waals surface area contributed by atoms with Gasteiger partial charge in [0, 0.05) is 11.1 Å². The van der Waals surface area contributed by atoms with Gasteiger partial charge in [0.05, 0.1) is 25.9 Å². The molecule has 0 bridgehead atoms. The summed E-state index contributed by atoms with van der Waals surface area (Å²) in [4.78, 5) is 24.0. The second kappa shape index (κ2) is 9.32. The van der Waals surface area contributed by atoms with E-state index < -0.39 is 5.97 Å². The fourth-order valence-electron chi connectivity index (χ4n) is 3.13. The van der Waals surface area contributed by atoms with Gasteiger partial charge in [-0.15, -0.1) is 0 Å². The molecule has 0 saturated heterocycles. The lowest BCUT2D eigenvalue weighted by Crippen LogP contribution is -2.16. The first-order chi connectivity index (χ1) is 14.1. The maximum Gasteiger partial charge on any atom is 0.344 e. The molecule has 0 amide bonds. The van der Waals surface area contributed by atoms with Gasteiger partial charge in [0.25, 0.3) is 0 Å². The Balaban J connectivity index is 2.06. The Kier molecular flexibility index (Phi) is 6.59. The molecule has 0 N–H and O–H groups in total. The molecule has 0 radical (unpaired) electrons. The minimum atomic E-state index is -0.472. The van der Waals surface area contributed by atoms with Gasteiger partial charge in [0.15, 0.2) is 18.1 Å². The van der Waals surface area contributed by atoms with Crippen molar-refractivity contribution in [3.05, 3.63) is 41.5 Å². The molecule has 0 unspecified atom stereocenters. The summed E-state index contributed by atoms with van der Waals surface area (Å²) in [5.41, 5.74) is 2.73. The normalized spacial score (nSPS) is 12.2. The van der Waals surface area contributed by atoms with E-state index in [1.165, 1.54) is 7.11 Å². The van der Waals surface area contributed by atoms with Gasteiger partial charge in [-0.2, -0.15) is 0 Å². The smallest absolute Gasteiger partial charge is 0.344 e. The van der Waals surface area contributed by atoms with Gasteiger partial charge < -0.3 is 23.7 Å². The van der Waals surface area contributed by atoms with Crippen LogP contribution in [0.15, 0.2) is 30.3 Å². The number of carbonyl (C=O) groups excluding carboxylic acids is 2. The molecule has 29 heavy (non-hydrogen) atoms. The van der Waals surface area contributed by atoms with Gasteiger partial charge in [-0.1, -0.05) is 19.1 Å². The first-order valence-corrected chi connectivity index (χ1v) is 9.52. The molecule has 0 aliphatic carbocycles. The number of hydrogen-bond acceptors (Lipinski definition) is 7. The van der Waals surface area contributed by atoms with E-state index in [4.69, 9.17) is 23.7 Å². The lowest BCUT2D eigenvalue weighted by molar-refractivity contribution is -0.146. The van der Waals surface area contributed by atoms with Crippen molar-refractivity contribution < 1.29 is 33.3 Å². The van der Waals surface area contributed by atoms with E-state index in [9.17, 15) is 9.59 Å². The van der Waals surface area contributed by atoms with Crippen LogP contribution in [0.2, 0.25) is 0 Å². The monoisotopic (exact) mass is 400 g/mol. The molecular formula is C22H24O7. The summed E-state index contributed by atoms with van der Waals surface area (Å²) in [5, 5.41) is 0. The summed E-state index contributed by atoms with van der Waals surface area (Å²) < 4.78 is 27.3. The predicted octanol–water partition coefficient (Wildman–Crippen LogP) is 3.76. The molecule has 7 nitrogen and oxygen atoms in total. The standard InChI is InChI=1S/C22H24O7/c1-4-11-27-19(23)13-28-20-15(9-10-18(25-3)21(20)26-5-2)14-7-6-8-16-17(14)12-29-22(16)24/h6-10H,4-5,11-13H2,1-3H3. The lowest BCUT2D eigenvalue weighted by atomic mass is 9.95. The Bertz CT molecular complexity index is 904. The molecule has 1 aliphatic rings. The number of fused-ring (bicyclic) bond motifs is 1. The van der Waals surface area contributed by atoms with Crippen molar-refractivity contribution in [2.24, 2.45) is 0 Å². The van der Waals surface area contributed by atoms with E-state index in [0.717, 1.165) is 17.5 Å². The fraction of sp³-hybridized carbons (Fsp3) is 0.364. The van der Waals surface area contributed by atoms with E-state index in [1.807, 2.05) is 26.0 Å². The second-order valence-electron chi connectivity index (χ2n) is 6.32. The van der Waals surface area contributed by atoms with Crippen molar-refractivity contribution >= 4 is 11.9 Å². The minimum absolute atomic E-state index is 0.179. The second-order valence-corrected chi connectivity index (χ2v) is 6.32. The first kappa shape index (κ1) is 20.5. The van der Waals surface area contributed by atoms with E-state index in [-0.39, 0.29) is 19.2 Å². The Hall–Kier alpha value is -3.22. The number of cyclic esters (lactones) is 1. The molecule has 1 heterocycles. The third kappa shape index (κ3) is 4.29. The Morgan fingerprint density at radius 2 is 1.83 bits per heavy atom. The van der Waals surface area contributed by atoms with Gasteiger partial charge in [0.1, 0.15) is 6.61 Å². The summed E-state index contributed by atoms with van der Waals surface area (Å²) in [6, 6.07) is 8.96. The summed E-state index contributed by atoms with van der Waals surface area (Å²) in [6.45, 7) is 4.38. The molecular weight excluding hydrogens is 376 g/mol. The van der Waals surface area contributed by atoms with Crippen molar-refractivity contribution in [1.29, 1.82) is 0 Å². The Morgan fingerprint density at radius 3 is 2.55 bits per heavy atom. The van der Waals surface area contributed by atoms with Crippen LogP contribution in [0.3, 0.4) is 0 Å². The summed E-state index contributed by atoms with van der Waals surface area (Å²) >= 11 is 0. The van der Waals surface area contributed by atoms with Crippen LogP contribution in [0.1, 0.15) is 36.2 Å². The molecule has 2 aromatic rings. The van der Waals surface area contributed by atoms with Crippen LogP contribution in [-0.4, -0.2) is 38.9 Å². The van der Waals surface area contributed by atoms with E-state index in [0.29, 0.717) is 41.6 Å². The zero-order chi connectivity index (χ0) is 20.8. The van der Waals surface area contributed by atoms with Gasteiger partial charge >= 0.3 is 11.9 Å². The number of rotatable bonds is 9. The minimum Gasteiger partial charge on any atom is -0.493 e. The molecule has 2 aromatic carbocycles. The van der Waals surface area contributed by atoms with Crippen LogP contribution >= 0.6 is 0 Å². The highest BCUT2D eigenvalue weighted by Gasteiger charge is 2.27. The molecule has 0 saturated carbocycles. The average molecular weight is 400 g/mol. The third-order valence-electron chi connectivity index (χ3n) is 4.42. The maximum absolute atomic E-state index is 12.0. The lowest BCUT2D eigenvalue weighted by Gasteiger charge is -2.19. The van der Waals surface area contributed by atoms with Crippen molar-refractivity contribution in [3.63, 3.8) is 0 Å². The predicted molar refractivity (Wildman–Crippen MR) is 105 cm³/mol. The van der Waals surface area contributed by atoms with Crippen LogP contribution in [-0.2, 0) is 20.9 Å². The summed E-state index contributed by atoms with van der Waals surface area (Å²) in [6.07, 6.45) is 0.727. The summed E-state index contributed by atoms with van der Waals surface area (Å²) in [5.74, 6) is 0.393. The van der Waals surface area contributed by atoms with Crippen LogP contribution in [0, 0.1) is 0 Å². The molecule has 1 aliphatic heterocycles. The van der Waals surface area contributed by atoms with Crippen molar-refractivity contribution in [2.75, 3.05) is 26.9 Å². The van der Waals surface area contributed by atoms with Crippen molar-refractivity contribution in [1.82, 2.24) is 0 Å². The van der Waals surface area contributed by atoms with Crippen LogP contribution in [0.25, 0.3) is 11.1 Å². The number of methoxy groups -OCH3 is 1. The Labute approximate surface area is 169 Å². The highest BCUT2D eigenvalue weighted by atomic mass is 16.6. The van der Waals surface area contributed by atoms with E-state index >= 15 is 0 Å². The van der Waals surface area contributed by atoms with E-state index in [2.05, 4.69) is 0 Å². The van der Waals surface area contributed by atoms with Gasteiger partial charge in [-0.25, -0.2) is 9.59 Å². The van der Waals surface area contributed by atoms with Gasteiger partial charge in [-0.3, -0.25) is 0 Å². The van der Waals surface area contributed by atoms with Crippen molar-refractivity contribution in [2.45, 2.75) is 26.9 Å². The third-order valence-corrected chi connectivity index (χ3v) is 4.42. The molecule has 0 fully saturated rings. The largest absolute Gasteiger partial charge is 0.493 e. The van der Waals surface area contributed by atoms with Crippen LogP contribution in [0.4, 0.5) is 0 Å². The highest BCUT2D eigenvalue weighted by molar-refractivity contribution is 5.96. The molecule has 0 aromatic heterocycles. The number of ether oxygens (including phenoxy) is 5. The zero-order valence-electron chi connectivity index (χ0n) is 16.8. The molecule has 3 rings (SSSR count). The topological polar surface area (TPSA) is 80.3 Å². The van der Waals surface area contributed by atoms with Crippen LogP contribution in [0.5, 0.6) is 17.2 Å². The molecule has 7 heteroatoms. The number of benzene rings is 2. The maximum atomic E-state index is 12.0. The van der Waals surface area contributed by atoms with Gasteiger partial charge in [-0.05, 0) is 37.1 Å². The van der Waals surface area contributed by atoms with Crippen LogP contribution < -0.4 is 14.2 Å². The summed E-state index contributed by atoms with van der Waals surface area (Å²) in [7, 11) is 1.53. The highest BCUT2D eigenvalue weighted by Crippen LogP contribution is 2.46. The first-order valence-electron chi connectivity index (χ1n) is 9.52. The zero-order valence-corrected chi connectivity index (χ0v) is 16.8. The SMILES string of the molecule is CCCOC(=O)COc1c(-c2cccc3c2COC3=O)ccc(OC)c1OCC. The molecule has 0 spiro atoms. The molecule has 154 valence electrons. The molecule has 0 atom stereocenters. The number of carbonyl (C=O) groups is 2. The van der Waals surface area contributed by atoms with Crippen molar-refractivity contribution in [3.8, 4) is 28.4 Å². The Morgan fingerprint density at radius 1 is 1.03 bits per heavy atom. The quantitative estimate of drug-likeness (QED) is 0.593. The van der Waals surface area contributed by atoms with E-state index in [1.54, 1.807) is 18.2 Å².